The van der Waals surface area contributed by atoms with Crippen molar-refractivity contribution in [1.29, 1.82) is 0 Å². The van der Waals surface area contributed by atoms with E-state index in [9.17, 15) is 9.18 Å². The predicted molar refractivity (Wildman–Crippen MR) is 96.3 cm³/mol. The number of halogens is 1. The summed E-state index contributed by atoms with van der Waals surface area (Å²) in [5.74, 6) is 1.64. The molecule has 0 spiro atoms. The van der Waals surface area contributed by atoms with Crippen LogP contribution in [0, 0.1) is 23.6 Å². The number of hydrogen-bond donors (Lipinski definition) is 0. The summed E-state index contributed by atoms with van der Waals surface area (Å²) in [5.41, 5.74) is 1.14. The Bertz CT molecular complexity index is 816. The summed E-state index contributed by atoms with van der Waals surface area (Å²) < 4.78 is 19.0. The normalized spacial score (nSPS) is 26.7. The quantitative estimate of drug-likeness (QED) is 0.826. The Labute approximate surface area is 152 Å². The minimum atomic E-state index is -0.320. The number of rotatable bonds is 2. The largest absolute Gasteiger partial charge is 0.423 e. The van der Waals surface area contributed by atoms with Gasteiger partial charge in [0.25, 0.3) is 6.01 Å². The number of carbonyl (C=O) groups excluding carboxylic acids is 1. The molecular formula is C20H24FN3O2. The Morgan fingerprint density at radius 1 is 1.12 bits per heavy atom. The van der Waals surface area contributed by atoms with Crippen molar-refractivity contribution >= 4 is 23.0 Å². The fraction of sp³-hybridized carbons (Fsp3) is 0.600. The van der Waals surface area contributed by atoms with Gasteiger partial charge in [0.15, 0.2) is 5.58 Å². The molecule has 1 aromatic heterocycles. The third kappa shape index (κ3) is 2.75. The van der Waals surface area contributed by atoms with Crippen molar-refractivity contribution in [3.8, 4) is 0 Å². The molecule has 2 aliphatic heterocycles. The van der Waals surface area contributed by atoms with Crippen molar-refractivity contribution in [1.82, 2.24) is 9.88 Å². The summed E-state index contributed by atoms with van der Waals surface area (Å²) in [6.45, 7) is 3.46. The van der Waals surface area contributed by atoms with E-state index in [1.165, 1.54) is 31.4 Å². The zero-order valence-electron chi connectivity index (χ0n) is 14.9. The van der Waals surface area contributed by atoms with Crippen LogP contribution < -0.4 is 4.90 Å². The summed E-state index contributed by atoms with van der Waals surface area (Å²) in [4.78, 5) is 21.5. The number of oxazole rings is 1. The average Bonchev–Trinajstić information content (AvgIpc) is 3.35. The van der Waals surface area contributed by atoms with Gasteiger partial charge in [-0.3, -0.25) is 4.79 Å². The van der Waals surface area contributed by atoms with Crippen molar-refractivity contribution in [2.75, 3.05) is 31.1 Å². The van der Waals surface area contributed by atoms with Gasteiger partial charge >= 0.3 is 0 Å². The molecule has 5 rings (SSSR count). The summed E-state index contributed by atoms with van der Waals surface area (Å²) >= 11 is 0. The molecular weight excluding hydrogens is 333 g/mol. The molecule has 3 fully saturated rings. The molecule has 1 saturated carbocycles. The first kappa shape index (κ1) is 16.1. The van der Waals surface area contributed by atoms with E-state index in [1.54, 1.807) is 6.07 Å². The second-order valence-corrected chi connectivity index (χ2v) is 8.06. The number of fused-ring (bicyclic) bond motifs is 2. The van der Waals surface area contributed by atoms with E-state index >= 15 is 0 Å². The monoisotopic (exact) mass is 357 g/mol. The molecule has 2 unspecified atom stereocenters. The zero-order valence-corrected chi connectivity index (χ0v) is 14.9. The third-order valence-electron chi connectivity index (χ3n) is 6.49. The van der Waals surface area contributed by atoms with Gasteiger partial charge in [0.1, 0.15) is 11.3 Å². The van der Waals surface area contributed by atoms with E-state index in [4.69, 9.17) is 4.42 Å². The molecule has 1 amide bonds. The molecule has 0 radical (unpaired) electrons. The number of hydrogen-bond acceptors (Lipinski definition) is 4. The molecule has 3 heterocycles. The van der Waals surface area contributed by atoms with Crippen molar-refractivity contribution in [2.24, 2.45) is 17.8 Å². The Balaban J connectivity index is 1.22. The van der Waals surface area contributed by atoms with Crippen LogP contribution in [0.2, 0.25) is 0 Å². The summed E-state index contributed by atoms with van der Waals surface area (Å²) in [5, 5.41) is 0. The minimum absolute atomic E-state index is 0.117. The van der Waals surface area contributed by atoms with Gasteiger partial charge in [-0.1, -0.05) is 6.42 Å². The fourth-order valence-electron chi connectivity index (χ4n) is 5.01. The smallest absolute Gasteiger partial charge is 0.298 e. The molecule has 0 N–H and O–H groups in total. The van der Waals surface area contributed by atoms with Crippen molar-refractivity contribution in [2.45, 2.75) is 32.1 Å². The standard InChI is InChI=1S/C20H24FN3O2/c21-16-4-5-17-18(10-16)26-20(22-17)23-8-6-13(7-9-23)19(25)24-11-14-2-1-3-15(14)12-24/h4-5,10,13-15H,1-3,6-9,11-12H2. The van der Waals surface area contributed by atoms with Crippen LogP contribution in [0.5, 0.6) is 0 Å². The van der Waals surface area contributed by atoms with Gasteiger partial charge in [0.2, 0.25) is 5.91 Å². The molecule has 2 atom stereocenters. The van der Waals surface area contributed by atoms with E-state index in [2.05, 4.69) is 14.8 Å². The summed E-state index contributed by atoms with van der Waals surface area (Å²) in [6, 6.07) is 4.93. The summed E-state index contributed by atoms with van der Waals surface area (Å²) in [6.07, 6.45) is 5.59. The maximum absolute atomic E-state index is 13.3. The first-order valence-electron chi connectivity index (χ1n) is 9.77. The molecule has 138 valence electrons. The van der Waals surface area contributed by atoms with Gasteiger partial charge in [-0.2, -0.15) is 4.98 Å². The number of amides is 1. The van der Waals surface area contributed by atoms with E-state index in [1.807, 2.05) is 0 Å². The highest BCUT2D eigenvalue weighted by Crippen LogP contribution is 2.39. The van der Waals surface area contributed by atoms with Crippen molar-refractivity contribution < 1.29 is 13.6 Å². The molecule has 26 heavy (non-hydrogen) atoms. The number of benzene rings is 1. The molecule has 1 aliphatic carbocycles. The van der Waals surface area contributed by atoms with Gasteiger partial charge in [0.05, 0.1) is 0 Å². The Morgan fingerprint density at radius 3 is 2.58 bits per heavy atom. The van der Waals surface area contributed by atoms with E-state index in [-0.39, 0.29) is 11.7 Å². The first-order chi connectivity index (χ1) is 12.7. The van der Waals surface area contributed by atoms with E-state index < -0.39 is 0 Å². The SMILES string of the molecule is O=C(C1CCN(c2nc3ccc(F)cc3o2)CC1)N1CC2CCCC2C1. The second-order valence-electron chi connectivity index (χ2n) is 8.06. The topological polar surface area (TPSA) is 49.6 Å². The molecule has 0 bridgehead atoms. The lowest BCUT2D eigenvalue weighted by atomic mass is 9.95. The van der Waals surface area contributed by atoms with Gasteiger partial charge in [-0.15, -0.1) is 0 Å². The van der Waals surface area contributed by atoms with Crippen LogP contribution in [0.25, 0.3) is 11.1 Å². The predicted octanol–water partition coefficient (Wildman–Crippen LogP) is 3.44. The van der Waals surface area contributed by atoms with Gasteiger partial charge < -0.3 is 14.2 Å². The highest BCUT2D eigenvalue weighted by Gasteiger charge is 2.40. The van der Waals surface area contributed by atoms with Crippen molar-refractivity contribution in [3.63, 3.8) is 0 Å². The molecule has 2 aromatic rings. The second kappa shape index (κ2) is 6.25. The molecule has 1 aromatic carbocycles. The lowest BCUT2D eigenvalue weighted by Gasteiger charge is -2.32. The third-order valence-corrected chi connectivity index (χ3v) is 6.49. The maximum Gasteiger partial charge on any atom is 0.298 e. The van der Waals surface area contributed by atoms with Gasteiger partial charge in [-0.05, 0) is 49.7 Å². The van der Waals surface area contributed by atoms with Gasteiger partial charge in [0, 0.05) is 38.2 Å². The Hall–Kier alpha value is -2.11. The molecule has 5 nitrogen and oxygen atoms in total. The van der Waals surface area contributed by atoms with Crippen LogP contribution in [0.4, 0.5) is 10.4 Å². The van der Waals surface area contributed by atoms with E-state index in [0.29, 0.717) is 23.0 Å². The average molecular weight is 357 g/mol. The lowest BCUT2D eigenvalue weighted by molar-refractivity contribution is -0.135. The minimum Gasteiger partial charge on any atom is -0.423 e. The number of piperidine rings is 1. The first-order valence-corrected chi connectivity index (χ1v) is 9.77. The van der Waals surface area contributed by atoms with Crippen molar-refractivity contribution in [3.05, 3.63) is 24.0 Å². The maximum atomic E-state index is 13.3. The van der Waals surface area contributed by atoms with Crippen LogP contribution in [0.1, 0.15) is 32.1 Å². The lowest BCUT2D eigenvalue weighted by Crippen LogP contribution is -2.42. The van der Waals surface area contributed by atoms with Gasteiger partial charge in [-0.25, -0.2) is 4.39 Å². The van der Waals surface area contributed by atoms with Crippen LogP contribution >= 0.6 is 0 Å². The van der Waals surface area contributed by atoms with Crippen LogP contribution in [-0.2, 0) is 4.79 Å². The number of nitrogens with zero attached hydrogens (tertiary/aromatic N) is 3. The zero-order chi connectivity index (χ0) is 17.7. The highest BCUT2D eigenvalue weighted by molar-refractivity contribution is 5.79. The van der Waals surface area contributed by atoms with Crippen LogP contribution in [-0.4, -0.2) is 42.0 Å². The Kier molecular flexibility index (Phi) is 3.87. The number of aromatic nitrogens is 1. The number of anilines is 1. The molecule has 2 saturated heterocycles. The Morgan fingerprint density at radius 2 is 1.85 bits per heavy atom. The molecule has 6 heteroatoms. The van der Waals surface area contributed by atoms with Crippen LogP contribution in [0.15, 0.2) is 22.6 Å². The number of carbonyl (C=O) groups is 1. The summed E-state index contributed by atoms with van der Waals surface area (Å²) in [7, 11) is 0. The molecule has 3 aliphatic rings. The number of likely N-dealkylation sites (tertiary alicyclic amines) is 1. The highest BCUT2D eigenvalue weighted by atomic mass is 19.1. The van der Waals surface area contributed by atoms with E-state index in [0.717, 1.165) is 50.9 Å². The fourth-order valence-corrected chi connectivity index (χ4v) is 5.01. The van der Waals surface area contributed by atoms with Crippen LogP contribution in [0.3, 0.4) is 0 Å².